The number of amides is 1. The van der Waals surface area contributed by atoms with Gasteiger partial charge in [-0.3, -0.25) is 9.69 Å². The number of aryl methyl sites for hydroxylation is 1. The lowest BCUT2D eigenvalue weighted by atomic mass is 10.2. The topological polar surface area (TPSA) is 99.6 Å². The molecule has 0 spiro atoms. The van der Waals surface area contributed by atoms with Crippen LogP contribution in [0.1, 0.15) is 28.6 Å². The van der Waals surface area contributed by atoms with Crippen molar-refractivity contribution in [2.24, 2.45) is 0 Å². The van der Waals surface area contributed by atoms with Crippen LogP contribution >= 0.6 is 11.3 Å². The van der Waals surface area contributed by atoms with Crippen molar-refractivity contribution in [3.05, 3.63) is 16.8 Å². The Morgan fingerprint density at radius 1 is 1.41 bits per heavy atom. The molecule has 3 rings (SSSR count). The van der Waals surface area contributed by atoms with Gasteiger partial charge in [0.15, 0.2) is 0 Å². The molecule has 9 heteroatoms. The van der Waals surface area contributed by atoms with Crippen molar-refractivity contribution >= 4 is 33.3 Å². The largest absolute Gasteiger partial charge is 0.391 e. The average molecular weight is 394 g/mol. The standard InChI is InChI=1S/C18H27N5O3S/c1-3-13(24)10-20-17(25)15-12(2)14-16(21-11-22-18(14)27-15)19-4-5-23-6-8-26-9-7-23/h11,13,24H,3-10H2,1-2H3,(H,20,25)(H,19,21,22). The summed E-state index contributed by atoms with van der Waals surface area (Å²) in [6, 6.07) is 0. The van der Waals surface area contributed by atoms with Gasteiger partial charge in [0, 0.05) is 32.7 Å². The average Bonchev–Trinajstić information content (AvgIpc) is 3.04. The minimum absolute atomic E-state index is 0.178. The first kappa shape index (κ1) is 19.9. The van der Waals surface area contributed by atoms with Gasteiger partial charge in [0.2, 0.25) is 0 Å². The van der Waals surface area contributed by atoms with E-state index in [-0.39, 0.29) is 12.5 Å². The molecule has 0 aliphatic carbocycles. The fourth-order valence-corrected chi connectivity index (χ4v) is 4.08. The van der Waals surface area contributed by atoms with Crippen molar-refractivity contribution in [3.63, 3.8) is 0 Å². The SMILES string of the molecule is CCC(O)CNC(=O)c1sc2ncnc(NCCN3CCOCC3)c2c1C. The Balaban J connectivity index is 1.69. The first-order valence-corrected chi connectivity index (χ1v) is 10.2. The van der Waals surface area contributed by atoms with Crippen molar-refractivity contribution in [1.29, 1.82) is 0 Å². The van der Waals surface area contributed by atoms with Gasteiger partial charge in [0.25, 0.3) is 5.91 Å². The van der Waals surface area contributed by atoms with E-state index in [1.165, 1.54) is 17.7 Å². The quantitative estimate of drug-likeness (QED) is 0.621. The van der Waals surface area contributed by atoms with Crippen LogP contribution in [0.25, 0.3) is 10.2 Å². The second-order valence-electron chi connectivity index (χ2n) is 6.61. The van der Waals surface area contributed by atoms with E-state index in [1.54, 1.807) is 0 Å². The minimum Gasteiger partial charge on any atom is -0.391 e. The molecule has 3 heterocycles. The maximum Gasteiger partial charge on any atom is 0.261 e. The fraction of sp³-hybridized carbons (Fsp3) is 0.611. The number of morpholine rings is 1. The minimum atomic E-state index is -0.527. The summed E-state index contributed by atoms with van der Waals surface area (Å²) in [6.45, 7) is 9.20. The van der Waals surface area contributed by atoms with Crippen LogP contribution in [0.15, 0.2) is 6.33 Å². The Morgan fingerprint density at radius 2 is 2.19 bits per heavy atom. The number of aromatic nitrogens is 2. The van der Waals surface area contributed by atoms with E-state index < -0.39 is 6.10 Å². The molecule has 0 bridgehead atoms. The first-order chi connectivity index (χ1) is 13.1. The number of nitrogens with zero attached hydrogens (tertiary/aromatic N) is 3. The van der Waals surface area contributed by atoms with Crippen LogP contribution in [-0.2, 0) is 4.74 Å². The predicted octanol–water partition coefficient (Wildman–Crippen LogP) is 1.24. The Labute approximate surface area is 162 Å². The highest BCUT2D eigenvalue weighted by Gasteiger charge is 2.20. The molecule has 27 heavy (non-hydrogen) atoms. The number of ether oxygens (including phenoxy) is 1. The van der Waals surface area contributed by atoms with Gasteiger partial charge in [0.1, 0.15) is 17.0 Å². The number of carbonyl (C=O) groups excluding carboxylic acids is 1. The highest BCUT2D eigenvalue weighted by atomic mass is 32.1. The summed E-state index contributed by atoms with van der Waals surface area (Å²) >= 11 is 1.36. The molecule has 148 valence electrons. The summed E-state index contributed by atoms with van der Waals surface area (Å²) in [7, 11) is 0. The van der Waals surface area contributed by atoms with Crippen molar-refractivity contribution in [1.82, 2.24) is 20.2 Å². The number of thiophene rings is 1. The molecule has 0 saturated carbocycles. The van der Waals surface area contributed by atoms with Crippen LogP contribution in [0, 0.1) is 6.92 Å². The van der Waals surface area contributed by atoms with Crippen LogP contribution < -0.4 is 10.6 Å². The predicted molar refractivity (Wildman–Crippen MR) is 107 cm³/mol. The number of carbonyl (C=O) groups is 1. The van der Waals surface area contributed by atoms with Gasteiger partial charge in [-0.1, -0.05) is 6.92 Å². The molecule has 1 atom stereocenters. The van der Waals surface area contributed by atoms with E-state index in [4.69, 9.17) is 4.74 Å². The molecule has 1 amide bonds. The van der Waals surface area contributed by atoms with Gasteiger partial charge in [-0.05, 0) is 18.9 Å². The molecule has 8 nitrogen and oxygen atoms in total. The third-order valence-corrected chi connectivity index (χ3v) is 5.93. The molecular formula is C18H27N5O3S. The molecule has 2 aromatic heterocycles. The lowest BCUT2D eigenvalue weighted by Gasteiger charge is -2.26. The Kier molecular flexibility index (Phi) is 6.95. The zero-order valence-electron chi connectivity index (χ0n) is 15.8. The normalized spacial score (nSPS) is 16.4. The molecule has 1 aliphatic rings. The summed E-state index contributed by atoms with van der Waals surface area (Å²) < 4.78 is 5.37. The molecule has 3 N–H and O–H groups in total. The van der Waals surface area contributed by atoms with Crippen LogP contribution in [0.5, 0.6) is 0 Å². The number of fused-ring (bicyclic) bond motifs is 1. The molecule has 1 unspecified atom stereocenters. The second-order valence-corrected chi connectivity index (χ2v) is 7.61. The molecule has 1 fully saturated rings. The van der Waals surface area contributed by atoms with Crippen molar-refractivity contribution in [2.75, 3.05) is 51.3 Å². The van der Waals surface area contributed by atoms with Gasteiger partial charge in [-0.2, -0.15) is 0 Å². The maximum absolute atomic E-state index is 12.5. The van der Waals surface area contributed by atoms with E-state index in [2.05, 4.69) is 25.5 Å². The molecular weight excluding hydrogens is 366 g/mol. The van der Waals surface area contributed by atoms with Crippen LogP contribution in [0.3, 0.4) is 0 Å². The molecule has 2 aromatic rings. The first-order valence-electron chi connectivity index (χ1n) is 9.34. The highest BCUT2D eigenvalue weighted by molar-refractivity contribution is 7.20. The fourth-order valence-electron chi connectivity index (χ4n) is 3.01. The van der Waals surface area contributed by atoms with Gasteiger partial charge in [-0.25, -0.2) is 9.97 Å². The Bertz CT molecular complexity index is 776. The van der Waals surface area contributed by atoms with Crippen LogP contribution in [0.2, 0.25) is 0 Å². The number of nitrogens with one attached hydrogen (secondary N) is 2. The number of anilines is 1. The Morgan fingerprint density at radius 3 is 2.93 bits per heavy atom. The summed E-state index contributed by atoms with van der Waals surface area (Å²) in [4.78, 5) is 25.0. The smallest absolute Gasteiger partial charge is 0.261 e. The third-order valence-electron chi connectivity index (χ3n) is 4.73. The number of hydrogen-bond donors (Lipinski definition) is 3. The summed E-state index contributed by atoms with van der Waals surface area (Å²) in [5.74, 6) is 0.580. The third kappa shape index (κ3) is 4.92. The lowest BCUT2D eigenvalue weighted by Crippen LogP contribution is -2.39. The van der Waals surface area contributed by atoms with Crippen LogP contribution in [0.4, 0.5) is 5.82 Å². The summed E-state index contributed by atoms with van der Waals surface area (Å²) in [5.41, 5.74) is 0.868. The number of aliphatic hydroxyl groups excluding tert-OH is 1. The van der Waals surface area contributed by atoms with Crippen molar-refractivity contribution in [3.8, 4) is 0 Å². The van der Waals surface area contributed by atoms with Crippen molar-refractivity contribution < 1.29 is 14.6 Å². The van der Waals surface area contributed by atoms with E-state index in [0.29, 0.717) is 11.3 Å². The molecule has 0 aromatic carbocycles. The number of rotatable bonds is 8. The molecule has 1 saturated heterocycles. The second kappa shape index (κ2) is 9.41. The zero-order valence-corrected chi connectivity index (χ0v) is 16.6. The summed E-state index contributed by atoms with van der Waals surface area (Å²) in [5, 5.41) is 16.7. The molecule has 0 radical (unpaired) electrons. The van der Waals surface area contributed by atoms with Gasteiger partial charge >= 0.3 is 0 Å². The van der Waals surface area contributed by atoms with Crippen molar-refractivity contribution in [2.45, 2.75) is 26.4 Å². The highest BCUT2D eigenvalue weighted by Crippen LogP contribution is 2.33. The van der Waals surface area contributed by atoms with Gasteiger partial charge in [-0.15, -0.1) is 11.3 Å². The van der Waals surface area contributed by atoms with Gasteiger partial charge in [0.05, 0.1) is 29.6 Å². The number of hydrogen-bond acceptors (Lipinski definition) is 8. The Hall–Kier alpha value is -1.81. The maximum atomic E-state index is 12.5. The van der Waals surface area contributed by atoms with E-state index in [9.17, 15) is 9.90 Å². The summed E-state index contributed by atoms with van der Waals surface area (Å²) in [6.07, 6.45) is 1.60. The monoisotopic (exact) mass is 393 g/mol. The van der Waals surface area contributed by atoms with E-state index >= 15 is 0 Å². The molecule has 1 aliphatic heterocycles. The number of aliphatic hydroxyl groups is 1. The van der Waals surface area contributed by atoms with E-state index in [1.807, 2.05) is 13.8 Å². The zero-order chi connectivity index (χ0) is 19.2. The van der Waals surface area contributed by atoms with E-state index in [0.717, 1.165) is 61.0 Å². The van der Waals surface area contributed by atoms with Crippen LogP contribution in [-0.4, -0.2) is 77.9 Å². The lowest BCUT2D eigenvalue weighted by molar-refractivity contribution is 0.0398. The van der Waals surface area contributed by atoms with Gasteiger partial charge < -0.3 is 20.5 Å².